The van der Waals surface area contributed by atoms with Crippen molar-refractivity contribution in [3.8, 4) is 5.75 Å². The molecule has 0 spiro atoms. The lowest BCUT2D eigenvalue weighted by molar-refractivity contribution is 0.0596. The van der Waals surface area contributed by atoms with Crippen LogP contribution in [0.3, 0.4) is 0 Å². The molecule has 1 aromatic rings. The van der Waals surface area contributed by atoms with Gasteiger partial charge >= 0.3 is 5.97 Å². The number of carbonyl (C=O) groups is 1. The van der Waals surface area contributed by atoms with E-state index in [1.807, 2.05) is 0 Å². The molecule has 0 aliphatic carbocycles. The van der Waals surface area contributed by atoms with E-state index in [2.05, 4.69) is 10.3 Å². The Kier molecular flexibility index (Phi) is 3.05. The second kappa shape index (κ2) is 4.49. The molecule has 0 aromatic carbocycles. The molecule has 0 bridgehead atoms. The number of aromatic nitrogens is 1. The van der Waals surface area contributed by atoms with E-state index in [1.165, 1.54) is 13.3 Å². The third-order valence-electron chi connectivity index (χ3n) is 2.67. The summed E-state index contributed by atoms with van der Waals surface area (Å²) in [5.41, 5.74) is 2.33. The van der Waals surface area contributed by atoms with Crippen molar-refractivity contribution in [2.45, 2.75) is 13.0 Å². The number of fused-ring (bicyclic) bond motifs is 1. The van der Waals surface area contributed by atoms with Crippen molar-refractivity contribution in [1.82, 2.24) is 10.3 Å². The molecule has 2 rings (SSSR count). The number of nitrogens with zero attached hydrogens (tertiary/aromatic N) is 1. The van der Waals surface area contributed by atoms with Gasteiger partial charge in [0.25, 0.3) is 0 Å². The van der Waals surface area contributed by atoms with E-state index < -0.39 is 5.97 Å². The summed E-state index contributed by atoms with van der Waals surface area (Å²) in [4.78, 5) is 15.8. The van der Waals surface area contributed by atoms with Crippen molar-refractivity contribution in [2.75, 3.05) is 20.8 Å². The largest absolute Gasteiger partial charge is 0.495 e. The number of esters is 1. The number of pyridine rings is 1. The van der Waals surface area contributed by atoms with Crippen LogP contribution < -0.4 is 10.1 Å². The number of methoxy groups -OCH3 is 2. The van der Waals surface area contributed by atoms with Crippen molar-refractivity contribution in [3.63, 3.8) is 0 Å². The zero-order valence-corrected chi connectivity index (χ0v) is 9.37. The second-order valence-corrected chi connectivity index (χ2v) is 3.55. The van der Waals surface area contributed by atoms with Crippen LogP contribution in [0.2, 0.25) is 0 Å². The fourth-order valence-corrected chi connectivity index (χ4v) is 1.88. The van der Waals surface area contributed by atoms with Crippen LogP contribution in [-0.4, -0.2) is 31.7 Å². The van der Waals surface area contributed by atoms with Crippen molar-refractivity contribution in [3.05, 3.63) is 23.0 Å². The topological polar surface area (TPSA) is 60.5 Å². The molecule has 16 heavy (non-hydrogen) atoms. The van der Waals surface area contributed by atoms with Gasteiger partial charge in [-0.25, -0.2) is 4.79 Å². The Morgan fingerprint density at radius 1 is 1.50 bits per heavy atom. The molecular weight excluding hydrogens is 208 g/mol. The number of carbonyl (C=O) groups excluding carboxylic acids is 1. The molecule has 0 saturated carbocycles. The Morgan fingerprint density at radius 2 is 2.31 bits per heavy atom. The van der Waals surface area contributed by atoms with Gasteiger partial charge in [0.15, 0.2) is 0 Å². The van der Waals surface area contributed by atoms with E-state index in [0.717, 1.165) is 24.2 Å². The Balaban J connectivity index is 2.51. The number of hydrogen-bond acceptors (Lipinski definition) is 5. The molecule has 1 aliphatic rings. The summed E-state index contributed by atoms with van der Waals surface area (Å²) < 4.78 is 9.98. The lowest BCUT2D eigenvalue weighted by Gasteiger charge is -2.20. The first kappa shape index (κ1) is 10.9. The van der Waals surface area contributed by atoms with Crippen LogP contribution in [-0.2, 0) is 17.7 Å². The van der Waals surface area contributed by atoms with Gasteiger partial charge in [-0.2, -0.15) is 0 Å². The number of nitrogens with one attached hydrogen (secondary N) is 1. The molecular formula is C11H14N2O3. The minimum atomic E-state index is -0.419. The van der Waals surface area contributed by atoms with Crippen LogP contribution in [0.1, 0.15) is 21.6 Å². The predicted octanol–water partition coefficient (Wildman–Crippen LogP) is 0.522. The zero-order valence-electron chi connectivity index (χ0n) is 9.37. The van der Waals surface area contributed by atoms with Gasteiger partial charge in [0.2, 0.25) is 0 Å². The maximum Gasteiger partial charge on any atom is 0.343 e. The van der Waals surface area contributed by atoms with Crippen molar-refractivity contribution < 1.29 is 14.3 Å². The Hall–Kier alpha value is -1.62. The maximum atomic E-state index is 11.5. The monoisotopic (exact) mass is 222 g/mol. The zero-order chi connectivity index (χ0) is 11.5. The number of rotatable bonds is 2. The molecule has 0 unspecified atom stereocenters. The normalized spacial score (nSPS) is 14.1. The van der Waals surface area contributed by atoms with Crippen LogP contribution in [0.5, 0.6) is 5.75 Å². The third kappa shape index (κ3) is 1.74. The fourth-order valence-electron chi connectivity index (χ4n) is 1.88. The molecule has 0 radical (unpaired) electrons. The average molecular weight is 222 g/mol. The highest BCUT2D eigenvalue weighted by atomic mass is 16.5. The van der Waals surface area contributed by atoms with Crippen LogP contribution in [0.25, 0.3) is 0 Å². The molecule has 86 valence electrons. The van der Waals surface area contributed by atoms with Gasteiger partial charge in [0.05, 0.1) is 14.2 Å². The standard InChI is InChI=1S/C11H14N2O3/c1-15-10-7-5-12-4-3-9(7)13-6-8(10)11(14)16-2/h6,12H,3-5H2,1-2H3. The smallest absolute Gasteiger partial charge is 0.343 e. The van der Waals surface area contributed by atoms with Gasteiger partial charge < -0.3 is 14.8 Å². The summed E-state index contributed by atoms with van der Waals surface area (Å²) in [6, 6.07) is 0. The van der Waals surface area contributed by atoms with E-state index in [9.17, 15) is 4.79 Å². The second-order valence-electron chi connectivity index (χ2n) is 3.55. The SMILES string of the molecule is COC(=O)c1cnc2c(c1OC)CNCC2. The van der Waals surface area contributed by atoms with E-state index in [4.69, 9.17) is 9.47 Å². The predicted molar refractivity (Wildman–Crippen MR) is 57.5 cm³/mol. The summed E-state index contributed by atoms with van der Waals surface area (Å²) in [6.45, 7) is 1.58. The minimum absolute atomic E-state index is 0.382. The maximum absolute atomic E-state index is 11.5. The minimum Gasteiger partial charge on any atom is -0.495 e. The molecule has 1 aromatic heterocycles. The molecule has 5 nitrogen and oxygen atoms in total. The summed E-state index contributed by atoms with van der Waals surface area (Å²) in [5.74, 6) is 0.154. The highest BCUT2D eigenvalue weighted by Crippen LogP contribution is 2.28. The van der Waals surface area contributed by atoms with E-state index in [-0.39, 0.29) is 0 Å². The molecule has 1 aliphatic heterocycles. The van der Waals surface area contributed by atoms with Crippen molar-refractivity contribution in [1.29, 1.82) is 0 Å². The van der Waals surface area contributed by atoms with Crippen molar-refractivity contribution in [2.24, 2.45) is 0 Å². The summed E-state index contributed by atoms with van der Waals surface area (Å²) in [5, 5.41) is 3.23. The lowest BCUT2D eigenvalue weighted by Crippen LogP contribution is -2.26. The van der Waals surface area contributed by atoms with Crippen LogP contribution in [0.15, 0.2) is 6.20 Å². The van der Waals surface area contributed by atoms with Gasteiger partial charge in [0.1, 0.15) is 11.3 Å². The van der Waals surface area contributed by atoms with Crippen LogP contribution >= 0.6 is 0 Å². The number of hydrogen-bond donors (Lipinski definition) is 1. The highest BCUT2D eigenvalue weighted by molar-refractivity contribution is 5.92. The molecule has 0 saturated heterocycles. The van der Waals surface area contributed by atoms with E-state index in [0.29, 0.717) is 17.9 Å². The summed E-state index contributed by atoms with van der Waals surface area (Å²) >= 11 is 0. The fraction of sp³-hybridized carbons (Fsp3) is 0.455. The first-order chi connectivity index (χ1) is 7.77. The van der Waals surface area contributed by atoms with Gasteiger partial charge in [-0.1, -0.05) is 0 Å². The van der Waals surface area contributed by atoms with E-state index in [1.54, 1.807) is 7.11 Å². The molecule has 2 heterocycles. The van der Waals surface area contributed by atoms with Crippen molar-refractivity contribution >= 4 is 5.97 Å². The highest BCUT2D eigenvalue weighted by Gasteiger charge is 2.22. The lowest BCUT2D eigenvalue weighted by atomic mass is 10.0. The van der Waals surface area contributed by atoms with Crippen LogP contribution in [0.4, 0.5) is 0 Å². The Labute approximate surface area is 93.8 Å². The Bertz CT molecular complexity index is 418. The Morgan fingerprint density at radius 3 is 3.00 bits per heavy atom. The van der Waals surface area contributed by atoms with Gasteiger partial charge in [-0.15, -0.1) is 0 Å². The molecule has 0 fully saturated rings. The van der Waals surface area contributed by atoms with Gasteiger partial charge in [-0.05, 0) is 0 Å². The summed E-state index contributed by atoms with van der Waals surface area (Å²) in [6.07, 6.45) is 2.38. The average Bonchev–Trinajstić information content (AvgIpc) is 2.36. The molecule has 5 heteroatoms. The first-order valence-electron chi connectivity index (χ1n) is 5.11. The molecule has 0 amide bonds. The van der Waals surface area contributed by atoms with Gasteiger partial charge in [-0.3, -0.25) is 4.98 Å². The van der Waals surface area contributed by atoms with Gasteiger partial charge in [0, 0.05) is 37.0 Å². The number of ether oxygens (including phenoxy) is 2. The first-order valence-corrected chi connectivity index (χ1v) is 5.11. The van der Waals surface area contributed by atoms with Crippen LogP contribution in [0, 0.1) is 0 Å². The molecule has 0 atom stereocenters. The third-order valence-corrected chi connectivity index (χ3v) is 2.67. The van der Waals surface area contributed by atoms with E-state index >= 15 is 0 Å². The summed E-state index contributed by atoms with van der Waals surface area (Å²) in [7, 11) is 2.90. The molecule has 1 N–H and O–H groups in total. The quantitative estimate of drug-likeness (QED) is 0.739.